The van der Waals surface area contributed by atoms with E-state index in [-0.39, 0.29) is 6.04 Å². The number of hydrogen-bond donors (Lipinski definition) is 2. The predicted molar refractivity (Wildman–Crippen MR) is 74.5 cm³/mol. The standard InChI is InChI=1S/C13H12BrN3O/c1-8(12-5-6-13(14)18-12)16-10-3-2-4-11-9(10)7-15-17-11/h2-8,16H,1H3,(H,15,17). The molecule has 2 aromatic heterocycles. The third-order valence-electron chi connectivity index (χ3n) is 2.88. The predicted octanol–water partition coefficient (Wildman–Crippen LogP) is 4.09. The number of aromatic amines is 1. The summed E-state index contributed by atoms with van der Waals surface area (Å²) < 4.78 is 6.28. The van der Waals surface area contributed by atoms with Gasteiger partial charge in [0.05, 0.1) is 17.8 Å². The minimum absolute atomic E-state index is 0.0943. The highest BCUT2D eigenvalue weighted by Gasteiger charge is 2.11. The molecule has 3 rings (SSSR count). The summed E-state index contributed by atoms with van der Waals surface area (Å²) in [5, 5.41) is 11.5. The highest BCUT2D eigenvalue weighted by Crippen LogP contribution is 2.27. The Bertz CT molecular complexity index is 673. The number of furan rings is 1. The number of aromatic nitrogens is 2. The summed E-state index contributed by atoms with van der Waals surface area (Å²) in [5.74, 6) is 0.891. The fraction of sp³-hybridized carbons (Fsp3) is 0.154. The van der Waals surface area contributed by atoms with Crippen LogP contribution in [-0.2, 0) is 0 Å². The maximum Gasteiger partial charge on any atom is 0.169 e. The molecule has 92 valence electrons. The second-order valence-corrected chi connectivity index (χ2v) is 4.93. The van der Waals surface area contributed by atoms with Crippen LogP contribution in [0.5, 0.6) is 0 Å². The Hall–Kier alpha value is -1.75. The molecule has 0 aliphatic carbocycles. The van der Waals surface area contributed by atoms with Crippen LogP contribution in [0.15, 0.2) is 45.6 Å². The maximum atomic E-state index is 5.54. The number of nitrogens with one attached hydrogen (secondary N) is 2. The summed E-state index contributed by atoms with van der Waals surface area (Å²) in [4.78, 5) is 0. The lowest BCUT2D eigenvalue weighted by Crippen LogP contribution is -2.05. The maximum absolute atomic E-state index is 5.54. The molecule has 5 heteroatoms. The van der Waals surface area contributed by atoms with Crippen LogP contribution in [0.2, 0.25) is 0 Å². The van der Waals surface area contributed by atoms with Gasteiger partial charge in [-0.3, -0.25) is 5.10 Å². The number of anilines is 1. The van der Waals surface area contributed by atoms with Crippen molar-refractivity contribution in [1.82, 2.24) is 10.2 Å². The third-order valence-corrected chi connectivity index (χ3v) is 3.30. The van der Waals surface area contributed by atoms with Gasteiger partial charge in [0.2, 0.25) is 0 Å². The lowest BCUT2D eigenvalue weighted by molar-refractivity contribution is 0.471. The first-order valence-corrected chi connectivity index (χ1v) is 6.47. The van der Waals surface area contributed by atoms with Crippen molar-refractivity contribution >= 4 is 32.5 Å². The Labute approximate surface area is 113 Å². The zero-order valence-corrected chi connectivity index (χ0v) is 11.4. The van der Waals surface area contributed by atoms with E-state index in [2.05, 4.69) is 38.4 Å². The van der Waals surface area contributed by atoms with Gasteiger partial charge in [-0.1, -0.05) is 6.07 Å². The van der Waals surface area contributed by atoms with Crippen molar-refractivity contribution in [1.29, 1.82) is 0 Å². The van der Waals surface area contributed by atoms with Gasteiger partial charge in [0.15, 0.2) is 4.67 Å². The van der Waals surface area contributed by atoms with E-state index < -0.39 is 0 Å². The molecule has 1 atom stereocenters. The Morgan fingerprint density at radius 3 is 3.00 bits per heavy atom. The monoisotopic (exact) mass is 305 g/mol. The van der Waals surface area contributed by atoms with E-state index >= 15 is 0 Å². The van der Waals surface area contributed by atoms with Crippen LogP contribution >= 0.6 is 15.9 Å². The normalized spacial score (nSPS) is 12.8. The lowest BCUT2D eigenvalue weighted by atomic mass is 10.2. The van der Waals surface area contributed by atoms with Gasteiger partial charge in [-0.15, -0.1) is 0 Å². The van der Waals surface area contributed by atoms with E-state index in [1.54, 1.807) is 0 Å². The number of nitrogens with zero attached hydrogens (tertiary/aromatic N) is 1. The molecule has 1 aromatic carbocycles. The Kier molecular flexibility index (Phi) is 2.83. The first-order valence-electron chi connectivity index (χ1n) is 5.68. The van der Waals surface area contributed by atoms with Crippen LogP contribution in [0.3, 0.4) is 0 Å². The van der Waals surface area contributed by atoms with Crippen molar-refractivity contribution in [3.05, 3.63) is 47.0 Å². The molecule has 0 bridgehead atoms. The van der Waals surface area contributed by atoms with Gasteiger partial charge >= 0.3 is 0 Å². The van der Waals surface area contributed by atoms with Gasteiger partial charge in [0, 0.05) is 11.1 Å². The molecule has 2 N–H and O–H groups in total. The molecule has 0 spiro atoms. The average Bonchev–Trinajstić information content (AvgIpc) is 2.97. The fourth-order valence-corrected chi connectivity index (χ4v) is 2.28. The first kappa shape index (κ1) is 11.3. The molecule has 0 aliphatic heterocycles. The molecule has 1 unspecified atom stereocenters. The topological polar surface area (TPSA) is 53.9 Å². The minimum Gasteiger partial charge on any atom is -0.452 e. The number of halogens is 1. The fourth-order valence-electron chi connectivity index (χ4n) is 1.96. The molecule has 0 fully saturated rings. The van der Waals surface area contributed by atoms with E-state index in [0.717, 1.165) is 27.0 Å². The second-order valence-electron chi connectivity index (χ2n) is 4.14. The van der Waals surface area contributed by atoms with Gasteiger partial charge in [0.1, 0.15) is 5.76 Å². The van der Waals surface area contributed by atoms with E-state index in [9.17, 15) is 0 Å². The molecular weight excluding hydrogens is 294 g/mol. The van der Waals surface area contributed by atoms with Gasteiger partial charge < -0.3 is 9.73 Å². The van der Waals surface area contributed by atoms with Crippen molar-refractivity contribution in [3.8, 4) is 0 Å². The van der Waals surface area contributed by atoms with Crippen LogP contribution in [0.4, 0.5) is 5.69 Å². The summed E-state index contributed by atoms with van der Waals surface area (Å²) in [6, 6.07) is 9.97. The molecule has 0 saturated carbocycles. The lowest BCUT2D eigenvalue weighted by Gasteiger charge is -2.13. The molecular formula is C13H12BrN3O. The van der Waals surface area contributed by atoms with Crippen molar-refractivity contribution in [2.75, 3.05) is 5.32 Å². The van der Waals surface area contributed by atoms with E-state index in [1.807, 2.05) is 36.5 Å². The molecule has 18 heavy (non-hydrogen) atoms. The van der Waals surface area contributed by atoms with E-state index in [4.69, 9.17) is 4.42 Å². The summed E-state index contributed by atoms with van der Waals surface area (Å²) >= 11 is 3.31. The number of rotatable bonds is 3. The molecule has 4 nitrogen and oxygen atoms in total. The van der Waals surface area contributed by atoms with Gasteiger partial charge in [-0.2, -0.15) is 5.10 Å². The zero-order chi connectivity index (χ0) is 12.5. The van der Waals surface area contributed by atoms with E-state index in [1.165, 1.54) is 0 Å². The Morgan fingerprint density at radius 2 is 2.22 bits per heavy atom. The SMILES string of the molecule is CC(Nc1cccc2[nH]ncc12)c1ccc(Br)o1. The van der Waals surface area contributed by atoms with Gasteiger partial charge in [-0.25, -0.2) is 0 Å². The van der Waals surface area contributed by atoms with E-state index in [0.29, 0.717) is 0 Å². The van der Waals surface area contributed by atoms with Crippen molar-refractivity contribution in [2.45, 2.75) is 13.0 Å². The first-order chi connectivity index (χ1) is 8.74. The Morgan fingerprint density at radius 1 is 1.33 bits per heavy atom. The summed E-state index contributed by atoms with van der Waals surface area (Å²) in [6.45, 7) is 2.06. The number of H-pyrrole nitrogens is 1. The summed E-state index contributed by atoms with van der Waals surface area (Å²) in [6.07, 6.45) is 1.82. The molecule has 3 aromatic rings. The largest absolute Gasteiger partial charge is 0.452 e. The molecule has 2 heterocycles. The smallest absolute Gasteiger partial charge is 0.169 e. The highest BCUT2D eigenvalue weighted by atomic mass is 79.9. The molecule has 0 radical (unpaired) electrons. The quantitative estimate of drug-likeness (QED) is 0.766. The highest BCUT2D eigenvalue weighted by molar-refractivity contribution is 9.10. The van der Waals surface area contributed by atoms with Crippen LogP contribution < -0.4 is 5.32 Å². The second kappa shape index (κ2) is 4.49. The molecule has 0 amide bonds. The summed E-state index contributed by atoms with van der Waals surface area (Å²) in [7, 11) is 0. The van der Waals surface area contributed by atoms with Crippen molar-refractivity contribution < 1.29 is 4.42 Å². The minimum atomic E-state index is 0.0943. The average molecular weight is 306 g/mol. The third kappa shape index (κ3) is 2.01. The Balaban J connectivity index is 1.90. The van der Waals surface area contributed by atoms with Crippen molar-refractivity contribution in [3.63, 3.8) is 0 Å². The van der Waals surface area contributed by atoms with Crippen molar-refractivity contribution in [2.24, 2.45) is 0 Å². The molecule has 0 aliphatic rings. The van der Waals surface area contributed by atoms with Gasteiger partial charge in [-0.05, 0) is 47.1 Å². The van der Waals surface area contributed by atoms with Crippen LogP contribution in [0.25, 0.3) is 10.9 Å². The zero-order valence-electron chi connectivity index (χ0n) is 9.77. The molecule has 0 saturated heterocycles. The van der Waals surface area contributed by atoms with Gasteiger partial charge in [0.25, 0.3) is 0 Å². The number of hydrogen-bond acceptors (Lipinski definition) is 3. The number of fused-ring (bicyclic) bond motifs is 1. The van der Waals surface area contributed by atoms with Crippen LogP contribution in [0, 0.1) is 0 Å². The van der Waals surface area contributed by atoms with Crippen LogP contribution in [-0.4, -0.2) is 10.2 Å². The number of benzene rings is 1. The van der Waals surface area contributed by atoms with Crippen LogP contribution in [0.1, 0.15) is 18.7 Å². The summed E-state index contributed by atoms with van der Waals surface area (Å²) in [5.41, 5.74) is 2.06.